The maximum Gasteiger partial charge on any atom is 0.254 e. The molecule has 0 spiro atoms. The Morgan fingerprint density at radius 2 is 2.15 bits per heavy atom. The smallest absolute Gasteiger partial charge is 0.254 e. The van der Waals surface area contributed by atoms with Gasteiger partial charge in [-0.15, -0.1) is 9.24 Å². The number of carbonyl (C=O) groups excluding carboxylic acids is 1. The maximum absolute atomic E-state index is 12.9. The molecule has 2 unspecified atom stereocenters. The molecule has 2 atom stereocenters. The molecule has 0 N–H and O–H groups in total. The predicted octanol–water partition coefficient (Wildman–Crippen LogP) is 1.46. The van der Waals surface area contributed by atoms with Gasteiger partial charge in [0.1, 0.15) is 12.4 Å². The quantitative estimate of drug-likeness (QED) is 0.640. The second kappa shape index (κ2) is 6.74. The number of ether oxygens (including phenoxy) is 1. The van der Waals surface area contributed by atoms with E-state index >= 15 is 0 Å². The van der Waals surface area contributed by atoms with Crippen LogP contribution in [0.4, 0.5) is 0 Å². The Morgan fingerprint density at radius 3 is 2.96 bits per heavy atom. The fourth-order valence-corrected chi connectivity index (χ4v) is 3.37. The van der Waals surface area contributed by atoms with E-state index < -0.39 is 0 Å². The Morgan fingerprint density at radius 1 is 1.31 bits per heavy atom. The summed E-state index contributed by atoms with van der Waals surface area (Å²) < 4.78 is 7.62. The number of fused-ring (bicyclic) bond motifs is 1. The summed E-state index contributed by atoms with van der Waals surface area (Å²) in [6, 6.07) is 7.69. The van der Waals surface area contributed by atoms with Gasteiger partial charge >= 0.3 is 0 Å². The summed E-state index contributed by atoms with van der Waals surface area (Å²) >= 11 is 0. The first-order chi connectivity index (χ1) is 12.5. The number of hydrogen-bond acceptors (Lipinski definition) is 5. The predicted molar refractivity (Wildman–Crippen MR) is 101 cm³/mol. The Hall–Kier alpha value is -2.37. The first-order valence-corrected chi connectivity index (χ1v) is 9.05. The van der Waals surface area contributed by atoms with Crippen LogP contribution in [0.2, 0.25) is 0 Å². The van der Waals surface area contributed by atoms with Crippen molar-refractivity contribution in [2.45, 2.75) is 20.0 Å². The lowest BCUT2D eigenvalue weighted by atomic mass is 10.1. The highest BCUT2D eigenvalue weighted by molar-refractivity contribution is 7.27. The summed E-state index contributed by atoms with van der Waals surface area (Å²) in [6.07, 6.45) is 1.21. The summed E-state index contributed by atoms with van der Waals surface area (Å²) in [5, 5.41) is 5.34. The minimum Gasteiger partial charge on any atom is -0.368 e. The van der Waals surface area contributed by atoms with Crippen molar-refractivity contribution < 1.29 is 9.53 Å². The number of morpholine rings is 1. The summed E-state index contributed by atoms with van der Waals surface area (Å²) in [7, 11) is 2.68. The lowest BCUT2D eigenvalue weighted by Crippen LogP contribution is -2.42. The summed E-state index contributed by atoms with van der Waals surface area (Å²) in [5.74, 6) is 0.561. The average molecular weight is 369 g/mol. The zero-order valence-corrected chi connectivity index (χ0v) is 15.9. The minimum absolute atomic E-state index is 0.0204. The molecule has 1 aromatic carbocycles. The number of benzene rings is 1. The molecule has 1 aliphatic rings. The van der Waals surface area contributed by atoms with Crippen LogP contribution in [0.15, 0.2) is 30.6 Å². The van der Waals surface area contributed by atoms with E-state index in [1.165, 1.54) is 6.33 Å². The van der Waals surface area contributed by atoms with Crippen LogP contribution in [0.5, 0.6) is 0 Å². The third-order valence-corrected chi connectivity index (χ3v) is 5.26. The van der Waals surface area contributed by atoms with Gasteiger partial charge in [0, 0.05) is 17.8 Å². The number of nitrogens with zero attached hydrogens (tertiary/aromatic N) is 5. The van der Waals surface area contributed by atoms with E-state index in [2.05, 4.69) is 24.3 Å². The van der Waals surface area contributed by atoms with Crippen molar-refractivity contribution in [1.29, 1.82) is 0 Å². The lowest BCUT2D eigenvalue weighted by Gasteiger charge is -2.33. The van der Waals surface area contributed by atoms with Crippen molar-refractivity contribution in [3.63, 3.8) is 0 Å². The first kappa shape index (κ1) is 17.1. The van der Waals surface area contributed by atoms with Gasteiger partial charge in [0.05, 0.1) is 18.8 Å². The van der Waals surface area contributed by atoms with Gasteiger partial charge in [0.15, 0.2) is 0 Å². The Balaban J connectivity index is 1.62. The monoisotopic (exact) mass is 369 g/mol. The number of aromatic nitrogens is 4. The van der Waals surface area contributed by atoms with Crippen LogP contribution < -0.4 is 5.30 Å². The maximum atomic E-state index is 12.9. The Labute approximate surface area is 153 Å². The molecule has 0 saturated carbocycles. The molecule has 1 amide bonds. The molecule has 1 saturated heterocycles. The van der Waals surface area contributed by atoms with Crippen molar-refractivity contribution in [3.05, 3.63) is 53.1 Å². The van der Waals surface area contributed by atoms with Gasteiger partial charge < -0.3 is 9.64 Å². The number of amides is 1. The highest BCUT2D eigenvalue weighted by Crippen LogP contribution is 2.24. The molecule has 7 nitrogen and oxygen atoms in total. The SMILES string of the molecule is Cc1cc(C2CN(C(=O)c3ccc(P)c(C)c3)CCO2)n2ncnc2n1. The highest BCUT2D eigenvalue weighted by atomic mass is 31.0. The van der Waals surface area contributed by atoms with E-state index in [9.17, 15) is 4.79 Å². The van der Waals surface area contributed by atoms with E-state index in [1.54, 1.807) is 4.52 Å². The Bertz CT molecular complexity index is 987. The van der Waals surface area contributed by atoms with Crippen LogP contribution >= 0.6 is 9.24 Å². The average Bonchev–Trinajstić information content (AvgIpc) is 3.11. The van der Waals surface area contributed by atoms with Crippen molar-refractivity contribution in [2.24, 2.45) is 0 Å². The molecule has 1 aliphatic heterocycles. The van der Waals surface area contributed by atoms with Gasteiger partial charge in [-0.25, -0.2) is 4.98 Å². The number of hydrogen-bond donors (Lipinski definition) is 0. The second-order valence-electron chi connectivity index (χ2n) is 6.48. The van der Waals surface area contributed by atoms with E-state index in [0.717, 1.165) is 22.3 Å². The van der Waals surface area contributed by atoms with Crippen LogP contribution in [-0.2, 0) is 4.74 Å². The van der Waals surface area contributed by atoms with Gasteiger partial charge in [-0.2, -0.15) is 14.6 Å². The van der Waals surface area contributed by atoms with Crippen LogP contribution in [0.1, 0.15) is 33.4 Å². The first-order valence-electron chi connectivity index (χ1n) is 8.47. The van der Waals surface area contributed by atoms with Crippen molar-refractivity contribution in [2.75, 3.05) is 19.7 Å². The van der Waals surface area contributed by atoms with Gasteiger partial charge in [-0.3, -0.25) is 4.79 Å². The fraction of sp³-hybridized carbons (Fsp3) is 0.333. The molecule has 0 aliphatic carbocycles. The second-order valence-corrected chi connectivity index (χ2v) is 7.10. The third-order valence-electron chi connectivity index (χ3n) is 4.61. The molecule has 1 fully saturated rings. The van der Waals surface area contributed by atoms with Gasteiger partial charge in [0.25, 0.3) is 11.7 Å². The molecule has 134 valence electrons. The van der Waals surface area contributed by atoms with Gasteiger partial charge in [0.2, 0.25) is 0 Å². The van der Waals surface area contributed by atoms with Crippen LogP contribution in [0, 0.1) is 13.8 Å². The molecule has 2 aromatic heterocycles. The molecular weight excluding hydrogens is 349 g/mol. The number of carbonyl (C=O) groups is 1. The zero-order chi connectivity index (χ0) is 18.3. The van der Waals surface area contributed by atoms with Crippen molar-refractivity contribution in [3.8, 4) is 0 Å². The summed E-state index contributed by atoms with van der Waals surface area (Å²) in [6.45, 7) is 5.44. The van der Waals surface area contributed by atoms with Crippen LogP contribution in [0.25, 0.3) is 5.78 Å². The van der Waals surface area contributed by atoms with Crippen molar-refractivity contribution >= 4 is 26.2 Å². The topological polar surface area (TPSA) is 72.6 Å². The zero-order valence-electron chi connectivity index (χ0n) is 14.7. The third kappa shape index (κ3) is 3.08. The number of aryl methyl sites for hydroxylation is 2. The molecule has 0 bridgehead atoms. The fourth-order valence-electron chi connectivity index (χ4n) is 3.19. The molecule has 4 rings (SSSR count). The minimum atomic E-state index is -0.263. The largest absolute Gasteiger partial charge is 0.368 e. The molecule has 0 radical (unpaired) electrons. The summed E-state index contributed by atoms with van der Waals surface area (Å²) in [4.78, 5) is 23.3. The molecule has 3 aromatic rings. The molecule has 8 heteroatoms. The summed E-state index contributed by atoms with van der Waals surface area (Å²) in [5.41, 5.74) is 3.49. The van der Waals surface area contributed by atoms with E-state index in [4.69, 9.17) is 4.74 Å². The standard InChI is InChI=1S/C18H20N5O2P/c1-11-7-13(3-4-16(11)26)17(24)22-5-6-25-15(9-22)14-8-12(2)21-18-19-10-20-23(14)18/h3-4,7-8,10,15H,5-6,9,26H2,1-2H3. The molecule has 26 heavy (non-hydrogen) atoms. The van der Waals surface area contributed by atoms with Gasteiger partial charge in [-0.1, -0.05) is 6.07 Å². The van der Waals surface area contributed by atoms with E-state index in [0.29, 0.717) is 31.0 Å². The lowest BCUT2D eigenvalue weighted by molar-refractivity contribution is -0.0257. The highest BCUT2D eigenvalue weighted by Gasteiger charge is 2.28. The number of rotatable bonds is 2. The molecular formula is C18H20N5O2P. The van der Waals surface area contributed by atoms with Crippen LogP contribution in [-0.4, -0.2) is 50.1 Å². The van der Waals surface area contributed by atoms with Crippen LogP contribution in [0.3, 0.4) is 0 Å². The van der Waals surface area contributed by atoms with Crippen molar-refractivity contribution in [1.82, 2.24) is 24.5 Å². The normalized spacial score (nSPS) is 17.7. The van der Waals surface area contributed by atoms with E-state index in [-0.39, 0.29) is 12.0 Å². The molecule has 3 heterocycles. The Kier molecular flexibility index (Phi) is 4.42. The van der Waals surface area contributed by atoms with E-state index in [1.807, 2.05) is 43.0 Å². The van der Waals surface area contributed by atoms with Gasteiger partial charge in [-0.05, 0) is 42.9 Å².